The Morgan fingerprint density at radius 2 is 1.96 bits per heavy atom. The first-order valence-electron chi connectivity index (χ1n) is 7.66. The number of benzene rings is 2. The highest BCUT2D eigenvalue weighted by Crippen LogP contribution is 2.30. The van der Waals surface area contributed by atoms with Gasteiger partial charge in [-0.05, 0) is 48.5 Å². The Labute approximate surface area is 152 Å². The lowest BCUT2D eigenvalue weighted by atomic mass is 10.1. The van der Waals surface area contributed by atoms with Crippen molar-refractivity contribution in [3.8, 4) is 11.3 Å². The Bertz CT molecular complexity index is 1130. The van der Waals surface area contributed by atoms with Crippen molar-refractivity contribution in [1.29, 1.82) is 0 Å². The minimum Gasteiger partial charge on any atom is -0.453 e. The van der Waals surface area contributed by atoms with E-state index in [2.05, 4.69) is 15.3 Å². The summed E-state index contributed by atoms with van der Waals surface area (Å²) >= 11 is 5.83. The zero-order valence-electron chi connectivity index (χ0n) is 13.2. The molecule has 4 aromatic rings. The number of carbonyl (C=O) groups is 1. The standard InChI is InChI=1S/C19H11ClFN3O2/c20-15-8-12(2-4-16(15)21)24-19-14-7-11(1-5-17(14)22-10-23-19)18-6-3-13(9-25)26-18/h1-10H,(H,22,23,24). The first-order valence-corrected chi connectivity index (χ1v) is 8.04. The van der Waals surface area contributed by atoms with Crippen molar-refractivity contribution >= 4 is 40.3 Å². The zero-order valence-corrected chi connectivity index (χ0v) is 14.0. The summed E-state index contributed by atoms with van der Waals surface area (Å²) in [6.07, 6.45) is 2.09. The number of halogens is 2. The van der Waals surface area contributed by atoms with Crippen LogP contribution < -0.4 is 5.32 Å². The van der Waals surface area contributed by atoms with Gasteiger partial charge in [0.05, 0.1) is 10.5 Å². The van der Waals surface area contributed by atoms with Gasteiger partial charge in [-0.25, -0.2) is 14.4 Å². The lowest BCUT2D eigenvalue weighted by Gasteiger charge is -2.09. The molecule has 0 saturated heterocycles. The number of nitrogens with one attached hydrogen (secondary N) is 1. The fraction of sp³-hybridized carbons (Fsp3) is 0. The second-order valence-electron chi connectivity index (χ2n) is 5.53. The van der Waals surface area contributed by atoms with Crippen molar-refractivity contribution in [3.63, 3.8) is 0 Å². The van der Waals surface area contributed by atoms with Crippen LogP contribution in [0.2, 0.25) is 5.02 Å². The van der Waals surface area contributed by atoms with Crippen LogP contribution in [0.3, 0.4) is 0 Å². The van der Waals surface area contributed by atoms with Crippen LogP contribution in [0.25, 0.3) is 22.2 Å². The lowest BCUT2D eigenvalue weighted by molar-refractivity contribution is 0.110. The maximum absolute atomic E-state index is 13.3. The van der Waals surface area contributed by atoms with Gasteiger partial charge in [0.1, 0.15) is 23.7 Å². The van der Waals surface area contributed by atoms with Gasteiger partial charge in [-0.15, -0.1) is 0 Å². The first-order chi connectivity index (χ1) is 12.6. The minimum atomic E-state index is -0.490. The summed E-state index contributed by atoms with van der Waals surface area (Å²) in [4.78, 5) is 19.3. The van der Waals surface area contributed by atoms with E-state index in [0.29, 0.717) is 23.6 Å². The quantitative estimate of drug-likeness (QED) is 0.500. The Balaban J connectivity index is 1.77. The molecule has 0 bridgehead atoms. The van der Waals surface area contributed by atoms with E-state index >= 15 is 0 Å². The molecule has 2 heterocycles. The third-order valence-electron chi connectivity index (χ3n) is 3.85. The number of anilines is 2. The van der Waals surface area contributed by atoms with Crippen LogP contribution in [0, 0.1) is 5.82 Å². The highest BCUT2D eigenvalue weighted by atomic mass is 35.5. The first kappa shape index (κ1) is 16.2. The maximum Gasteiger partial charge on any atom is 0.185 e. The molecule has 0 atom stereocenters. The molecule has 0 aliphatic rings. The number of fused-ring (bicyclic) bond motifs is 1. The molecule has 0 radical (unpaired) electrons. The molecule has 0 aliphatic carbocycles. The van der Waals surface area contributed by atoms with E-state index in [1.807, 2.05) is 18.2 Å². The summed E-state index contributed by atoms with van der Waals surface area (Å²) in [7, 11) is 0. The van der Waals surface area contributed by atoms with Gasteiger partial charge in [0.15, 0.2) is 12.0 Å². The van der Waals surface area contributed by atoms with Crippen molar-refractivity contribution in [3.05, 3.63) is 71.5 Å². The molecule has 0 spiro atoms. The second-order valence-corrected chi connectivity index (χ2v) is 5.94. The molecule has 2 aromatic heterocycles. The zero-order chi connectivity index (χ0) is 18.1. The molecule has 2 aromatic carbocycles. The summed E-state index contributed by atoms with van der Waals surface area (Å²) in [6.45, 7) is 0. The van der Waals surface area contributed by atoms with E-state index < -0.39 is 5.82 Å². The average molecular weight is 368 g/mol. The second kappa shape index (κ2) is 6.57. The van der Waals surface area contributed by atoms with Crippen molar-refractivity contribution in [2.24, 2.45) is 0 Å². The number of nitrogens with zero attached hydrogens (tertiary/aromatic N) is 2. The topological polar surface area (TPSA) is 68.0 Å². The highest BCUT2D eigenvalue weighted by molar-refractivity contribution is 6.31. The van der Waals surface area contributed by atoms with E-state index in [4.69, 9.17) is 16.0 Å². The van der Waals surface area contributed by atoms with Crippen LogP contribution in [0.4, 0.5) is 15.9 Å². The maximum atomic E-state index is 13.3. The molecule has 26 heavy (non-hydrogen) atoms. The van der Waals surface area contributed by atoms with Crippen molar-refractivity contribution in [2.75, 3.05) is 5.32 Å². The summed E-state index contributed by atoms with van der Waals surface area (Å²) in [5.74, 6) is 0.870. The van der Waals surface area contributed by atoms with E-state index in [1.54, 1.807) is 18.2 Å². The largest absolute Gasteiger partial charge is 0.453 e. The van der Waals surface area contributed by atoms with Gasteiger partial charge in [-0.3, -0.25) is 4.79 Å². The summed E-state index contributed by atoms with van der Waals surface area (Å²) in [6, 6.07) is 13.2. The van der Waals surface area contributed by atoms with Crippen molar-refractivity contribution in [2.45, 2.75) is 0 Å². The van der Waals surface area contributed by atoms with Gasteiger partial charge in [-0.2, -0.15) is 0 Å². The van der Waals surface area contributed by atoms with Gasteiger partial charge in [0.25, 0.3) is 0 Å². The summed E-state index contributed by atoms with van der Waals surface area (Å²) in [5.41, 5.74) is 2.10. The molecule has 0 unspecified atom stereocenters. The summed E-state index contributed by atoms with van der Waals surface area (Å²) < 4.78 is 18.8. The molecule has 0 aliphatic heterocycles. The number of hydrogen-bond acceptors (Lipinski definition) is 5. The molecule has 7 heteroatoms. The molecular weight excluding hydrogens is 357 g/mol. The van der Waals surface area contributed by atoms with E-state index in [1.165, 1.54) is 18.5 Å². The molecule has 5 nitrogen and oxygen atoms in total. The average Bonchev–Trinajstić information content (AvgIpc) is 3.14. The van der Waals surface area contributed by atoms with Crippen molar-refractivity contribution < 1.29 is 13.6 Å². The fourth-order valence-corrected chi connectivity index (χ4v) is 2.77. The van der Waals surface area contributed by atoms with Gasteiger partial charge in [0, 0.05) is 16.6 Å². The molecule has 1 N–H and O–H groups in total. The molecular formula is C19H11ClFN3O2. The molecule has 128 valence electrons. The Kier molecular flexibility index (Phi) is 4.10. The van der Waals surface area contributed by atoms with Crippen LogP contribution in [-0.2, 0) is 0 Å². The predicted octanol–water partition coefficient (Wildman–Crippen LogP) is 5.24. The molecule has 4 rings (SSSR count). The van der Waals surface area contributed by atoms with Gasteiger partial charge >= 0.3 is 0 Å². The van der Waals surface area contributed by atoms with Gasteiger partial charge in [0.2, 0.25) is 0 Å². The third kappa shape index (κ3) is 3.02. The van der Waals surface area contributed by atoms with Crippen LogP contribution in [0.5, 0.6) is 0 Å². The predicted molar refractivity (Wildman–Crippen MR) is 97.3 cm³/mol. The monoisotopic (exact) mass is 367 g/mol. The fourth-order valence-electron chi connectivity index (χ4n) is 2.59. The smallest absolute Gasteiger partial charge is 0.185 e. The van der Waals surface area contributed by atoms with Crippen LogP contribution in [0.1, 0.15) is 10.6 Å². The van der Waals surface area contributed by atoms with Crippen LogP contribution in [-0.4, -0.2) is 16.3 Å². The van der Waals surface area contributed by atoms with Gasteiger partial charge in [-0.1, -0.05) is 11.6 Å². The number of aromatic nitrogens is 2. The minimum absolute atomic E-state index is 0.0195. The third-order valence-corrected chi connectivity index (χ3v) is 4.13. The number of aldehydes is 1. The van der Waals surface area contributed by atoms with E-state index in [0.717, 1.165) is 16.5 Å². The highest BCUT2D eigenvalue weighted by Gasteiger charge is 2.10. The van der Waals surface area contributed by atoms with E-state index in [-0.39, 0.29) is 10.8 Å². The Morgan fingerprint density at radius 3 is 2.73 bits per heavy atom. The van der Waals surface area contributed by atoms with Crippen LogP contribution in [0.15, 0.2) is 59.3 Å². The number of carbonyl (C=O) groups excluding carboxylic acids is 1. The SMILES string of the molecule is O=Cc1ccc(-c2ccc3ncnc(Nc4ccc(F)c(Cl)c4)c3c2)o1. The number of hydrogen-bond donors (Lipinski definition) is 1. The lowest BCUT2D eigenvalue weighted by Crippen LogP contribution is -1.96. The van der Waals surface area contributed by atoms with E-state index in [9.17, 15) is 9.18 Å². The summed E-state index contributed by atoms with van der Waals surface area (Å²) in [5, 5.41) is 3.89. The normalized spacial score (nSPS) is 10.8. The number of rotatable bonds is 4. The van der Waals surface area contributed by atoms with Crippen LogP contribution >= 0.6 is 11.6 Å². The molecule has 0 fully saturated rings. The van der Waals surface area contributed by atoms with Gasteiger partial charge < -0.3 is 9.73 Å². The molecule has 0 amide bonds. The number of furan rings is 1. The Hall–Kier alpha value is -3.25. The Morgan fingerprint density at radius 1 is 1.08 bits per heavy atom. The van der Waals surface area contributed by atoms with Crippen molar-refractivity contribution in [1.82, 2.24) is 9.97 Å². The molecule has 0 saturated carbocycles.